The Balaban J connectivity index is 1.45. The largest absolute Gasteiger partial charge is 0.488 e. The molecular formula is C25H21NO2. The first-order valence-electron chi connectivity index (χ1n) is 9.84. The van der Waals surface area contributed by atoms with Gasteiger partial charge in [-0.05, 0) is 61.1 Å². The Labute approximate surface area is 164 Å². The maximum Gasteiger partial charge on any atom is 0.197 e. The minimum Gasteiger partial charge on any atom is -0.488 e. The summed E-state index contributed by atoms with van der Waals surface area (Å²) in [6.45, 7) is 0.420. The van der Waals surface area contributed by atoms with Gasteiger partial charge in [-0.25, -0.2) is 0 Å². The Morgan fingerprint density at radius 2 is 1.75 bits per heavy atom. The van der Waals surface area contributed by atoms with Gasteiger partial charge in [0.2, 0.25) is 0 Å². The Morgan fingerprint density at radius 1 is 0.857 bits per heavy atom. The molecular weight excluding hydrogens is 346 g/mol. The molecule has 2 aliphatic rings. The van der Waals surface area contributed by atoms with E-state index in [1.807, 2.05) is 54.6 Å². The highest BCUT2D eigenvalue weighted by molar-refractivity contribution is 6.12. The van der Waals surface area contributed by atoms with Crippen molar-refractivity contribution in [3.8, 4) is 5.75 Å². The number of rotatable bonds is 2. The van der Waals surface area contributed by atoms with E-state index in [9.17, 15) is 4.79 Å². The van der Waals surface area contributed by atoms with Gasteiger partial charge in [-0.1, -0.05) is 42.5 Å². The van der Waals surface area contributed by atoms with Gasteiger partial charge in [-0.2, -0.15) is 0 Å². The molecule has 1 aliphatic carbocycles. The van der Waals surface area contributed by atoms with Crippen LogP contribution in [0.5, 0.6) is 5.75 Å². The van der Waals surface area contributed by atoms with Crippen molar-refractivity contribution in [1.82, 2.24) is 4.98 Å². The van der Waals surface area contributed by atoms with Crippen LogP contribution < -0.4 is 4.74 Å². The smallest absolute Gasteiger partial charge is 0.197 e. The highest BCUT2D eigenvalue weighted by Crippen LogP contribution is 2.30. The van der Waals surface area contributed by atoms with Crippen LogP contribution in [0.1, 0.15) is 56.8 Å². The molecule has 0 atom stereocenters. The molecule has 138 valence electrons. The van der Waals surface area contributed by atoms with Gasteiger partial charge in [0.25, 0.3) is 0 Å². The summed E-state index contributed by atoms with van der Waals surface area (Å²) in [6, 6.07) is 17.7. The minimum atomic E-state index is 0.0188. The minimum absolute atomic E-state index is 0.0188. The quantitative estimate of drug-likeness (QED) is 0.621. The summed E-state index contributed by atoms with van der Waals surface area (Å²) in [5.74, 6) is 0.663. The van der Waals surface area contributed by atoms with Gasteiger partial charge >= 0.3 is 0 Å². The third-order valence-electron chi connectivity index (χ3n) is 5.54. The van der Waals surface area contributed by atoms with E-state index in [2.05, 4.69) is 12.1 Å². The molecule has 3 nitrogen and oxygen atoms in total. The summed E-state index contributed by atoms with van der Waals surface area (Å²) in [5, 5.41) is 0. The monoisotopic (exact) mass is 367 g/mol. The summed E-state index contributed by atoms with van der Waals surface area (Å²) in [7, 11) is 0. The number of benzene rings is 2. The zero-order chi connectivity index (χ0) is 18.9. The number of aromatic nitrogens is 1. The molecule has 3 aromatic rings. The maximum atomic E-state index is 13.0. The van der Waals surface area contributed by atoms with Crippen LogP contribution >= 0.6 is 0 Å². The first-order chi connectivity index (χ1) is 13.8. The first-order valence-corrected chi connectivity index (χ1v) is 9.84. The van der Waals surface area contributed by atoms with Gasteiger partial charge in [-0.15, -0.1) is 0 Å². The number of hydrogen-bond donors (Lipinski definition) is 0. The molecule has 0 N–H and O–H groups in total. The topological polar surface area (TPSA) is 39.2 Å². The van der Waals surface area contributed by atoms with Gasteiger partial charge in [0.15, 0.2) is 5.78 Å². The lowest BCUT2D eigenvalue weighted by Gasteiger charge is -2.14. The Kier molecular flexibility index (Phi) is 4.28. The predicted molar refractivity (Wildman–Crippen MR) is 110 cm³/mol. The van der Waals surface area contributed by atoms with E-state index in [-0.39, 0.29) is 5.78 Å². The van der Waals surface area contributed by atoms with Crippen molar-refractivity contribution in [2.45, 2.75) is 32.3 Å². The summed E-state index contributed by atoms with van der Waals surface area (Å²) in [6.07, 6.45) is 8.73. The molecule has 0 spiro atoms. The highest BCUT2D eigenvalue weighted by Gasteiger charge is 2.21. The van der Waals surface area contributed by atoms with Crippen LogP contribution in [0.3, 0.4) is 0 Å². The van der Waals surface area contributed by atoms with Crippen molar-refractivity contribution < 1.29 is 9.53 Å². The van der Waals surface area contributed by atoms with Crippen molar-refractivity contribution >= 4 is 17.9 Å². The maximum absolute atomic E-state index is 13.0. The normalized spacial score (nSPS) is 15.4. The molecule has 0 bridgehead atoms. The van der Waals surface area contributed by atoms with E-state index in [1.165, 1.54) is 24.1 Å². The lowest BCUT2D eigenvalue weighted by Crippen LogP contribution is -2.05. The molecule has 0 saturated carbocycles. The molecule has 3 heteroatoms. The number of fused-ring (bicyclic) bond motifs is 3. The summed E-state index contributed by atoms with van der Waals surface area (Å²) >= 11 is 0. The number of carbonyl (C=O) groups excluding carboxylic acids is 1. The van der Waals surface area contributed by atoms with Crippen LogP contribution in [0.4, 0.5) is 0 Å². The van der Waals surface area contributed by atoms with E-state index >= 15 is 0 Å². The van der Waals surface area contributed by atoms with Crippen LogP contribution in [0.25, 0.3) is 12.2 Å². The summed E-state index contributed by atoms with van der Waals surface area (Å²) in [5.41, 5.74) is 6.81. The summed E-state index contributed by atoms with van der Waals surface area (Å²) in [4.78, 5) is 17.8. The van der Waals surface area contributed by atoms with Gasteiger partial charge in [0.1, 0.15) is 12.4 Å². The molecule has 0 fully saturated rings. The number of ketones is 1. The van der Waals surface area contributed by atoms with Crippen LogP contribution in [-0.4, -0.2) is 10.8 Å². The van der Waals surface area contributed by atoms with Crippen LogP contribution in [0.15, 0.2) is 54.6 Å². The zero-order valence-corrected chi connectivity index (χ0v) is 15.7. The van der Waals surface area contributed by atoms with Crippen molar-refractivity contribution in [1.29, 1.82) is 0 Å². The van der Waals surface area contributed by atoms with E-state index in [0.717, 1.165) is 35.2 Å². The standard InChI is InChI=1S/C25H21NO2/c27-25-21-7-3-1-6-19(21)16-28-24-14-10-17(15-22(24)25)9-12-20-13-11-18-5-2-4-8-23(18)26-20/h1,3,6-7,9-15H,2,4-5,8,16H2/b12-9+. The van der Waals surface area contributed by atoms with Gasteiger partial charge in [-0.3, -0.25) is 9.78 Å². The van der Waals surface area contributed by atoms with E-state index in [0.29, 0.717) is 17.9 Å². The SMILES string of the molecule is O=C1c2ccccc2COc2ccc(/C=C/c3ccc4c(n3)CCCC4)cc21. The third-order valence-corrected chi connectivity index (χ3v) is 5.54. The lowest BCUT2D eigenvalue weighted by atomic mass is 9.96. The zero-order valence-electron chi connectivity index (χ0n) is 15.7. The number of nitrogens with zero attached hydrogens (tertiary/aromatic N) is 1. The number of pyridine rings is 1. The van der Waals surface area contributed by atoms with Gasteiger partial charge in [0, 0.05) is 16.8 Å². The third kappa shape index (κ3) is 3.13. The number of ether oxygens (including phenoxy) is 1. The van der Waals surface area contributed by atoms with Crippen LogP contribution in [-0.2, 0) is 19.4 Å². The Hall–Kier alpha value is -3.20. The van der Waals surface area contributed by atoms with Crippen molar-refractivity contribution in [3.63, 3.8) is 0 Å². The molecule has 2 aromatic carbocycles. The molecule has 0 unspecified atom stereocenters. The number of hydrogen-bond acceptors (Lipinski definition) is 3. The lowest BCUT2D eigenvalue weighted by molar-refractivity contribution is 0.103. The second-order valence-corrected chi connectivity index (χ2v) is 7.41. The second kappa shape index (κ2) is 7.08. The number of carbonyl (C=O) groups is 1. The fourth-order valence-corrected chi connectivity index (χ4v) is 4.00. The molecule has 5 rings (SSSR count). The molecule has 1 aliphatic heterocycles. The molecule has 28 heavy (non-hydrogen) atoms. The Morgan fingerprint density at radius 3 is 2.71 bits per heavy atom. The van der Waals surface area contributed by atoms with Crippen LogP contribution in [0.2, 0.25) is 0 Å². The molecule has 0 radical (unpaired) electrons. The molecule has 0 saturated heterocycles. The molecule has 2 heterocycles. The summed E-state index contributed by atoms with van der Waals surface area (Å²) < 4.78 is 5.87. The van der Waals surface area contributed by atoms with E-state index in [1.54, 1.807) is 0 Å². The fraction of sp³-hybridized carbons (Fsp3) is 0.200. The van der Waals surface area contributed by atoms with Crippen molar-refractivity contribution in [2.24, 2.45) is 0 Å². The van der Waals surface area contributed by atoms with Crippen molar-refractivity contribution in [3.05, 3.63) is 93.8 Å². The second-order valence-electron chi connectivity index (χ2n) is 7.41. The predicted octanol–water partition coefficient (Wildman–Crippen LogP) is 5.25. The van der Waals surface area contributed by atoms with Crippen molar-refractivity contribution in [2.75, 3.05) is 0 Å². The Bertz CT molecular complexity index is 1100. The number of aryl methyl sites for hydroxylation is 2. The molecule has 1 aromatic heterocycles. The van der Waals surface area contributed by atoms with Gasteiger partial charge in [0.05, 0.1) is 11.3 Å². The molecule has 0 amide bonds. The average molecular weight is 367 g/mol. The van der Waals surface area contributed by atoms with E-state index in [4.69, 9.17) is 9.72 Å². The van der Waals surface area contributed by atoms with Crippen LogP contribution in [0, 0.1) is 0 Å². The fourth-order valence-electron chi connectivity index (χ4n) is 4.00. The van der Waals surface area contributed by atoms with E-state index < -0.39 is 0 Å². The average Bonchev–Trinajstić information content (AvgIpc) is 2.89. The highest BCUT2D eigenvalue weighted by atomic mass is 16.5. The first kappa shape index (κ1) is 16.9. The van der Waals surface area contributed by atoms with Gasteiger partial charge < -0.3 is 4.74 Å².